The van der Waals surface area contributed by atoms with E-state index in [1.807, 2.05) is 97.3 Å². The molecule has 0 bridgehead atoms. The Morgan fingerprint density at radius 1 is 0.971 bits per heavy atom. The largest absolute Gasteiger partial charge is 0.352 e. The van der Waals surface area contributed by atoms with E-state index in [2.05, 4.69) is 10.6 Å². The normalized spacial score (nSPS) is 11.8. The number of fused-ring (bicyclic) bond motifs is 1. The summed E-state index contributed by atoms with van der Waals surface area (Å²) >= 11 is 0. The number of aromatic nitrogens is 2. The molecular weight excluding hydrogens is 424 g/mol. The second kappa shape index (κ2) is 10.8. The third kappa shape index (κ3) is 5.70. The van der Waals surface area contributed by atoms with Crippen LogP contribution >= 0.6 is 0 Å². The molecule has 2 amide bonds. The van der Waals surface area contributed by atoms with Crippen molar-refractivity contribution in [3.05, 3.63) is 101 Å². The van der Waals surface area contributed by atoms with Crippen LogP contribution < -0.4 is 10.6 Å². The molecule has 4 aromatic rings. The van der Waals surface area contributed by atoms with Gasteiger partial charge in [0.2, 0.25) is 5.91 Å². The fourth-order valence-corrected chi connectivity index (χ4v) is 4.09. The van der Waals surface area contributed by atoms with E-state index in [1.54, 1.807) is 0 Å². The molecule has 0 fully saturated rings. The number of carbonyl (C=O) groups is 2. The van der Waals surface area contributed by atoms with Gasteiger partial charge in [-0.05, 0) is 50.1 Å². The molecule has 3 aromatic carbocycles. The van der Waals surface area contributed by atoms with Crippen LogP contribution in [0.2, 0.25) is 0 Å². The molecule has 1 aromatic heterocycles. The van der Waals surface area contributed by atoms with Crippen molar-refractivity contribution in [1.82, 2.24) is 20.2 Å². The molecule has 34 heavy (non-hydrogen) atoms. The van der Waals surface area contributed by atoms with Gasteiger partial charge in [0.25, 0.3) is 5.91 Å². The standard InChI is InChI=1S/C28H30N4O2/c1-20-10-8-13-23(18-20)28(34)29-17-9-16-26-31-24-14-6-7-15-25(24)32(26)19-27(33)30-21(2)22-11-4-3-5-12-22/h3-8,10-15,18,21H,9,16-17,19H2,1-2H3,(H,29,34)(H,30,33). The summed E-state index contributed by atoms with van der Waals surface area (Å²) in [6.45, 7) is 4.69. The molecule has 0 aliphatic heterocycles. The van der Waals surface area contributed by atoms with Crippen molar-refractivity contribution in [3.8, 4) is 0 Å². The van der Waals surface area contributed by atoms with Crippen LogP contribution in [0.15, 0.2) is 78.9 Å². The molecule has 6 heteroatoms. The third-order valence-corrected chi connectivity index (χ3v) is 5.86. The first-order valence-electron chi connectivity index (χ1n) is 11.6. The van der Waals surface area contributed by atoms with Gasteiger partial charge in [0.05, 0.1) is 17.1 Å². The minimum atomic E-state index is -0.0798. The van der Waals surface area contributed by atoms with E-state index in [4.69, 9.17) is 4.98 Å². The lowest BCUT2D eigenvalue weighted by Crippen LogP contribution is -2.30. The highest BCUT2D eigenvalue weighted by atomic mass is 16.2. The molecule has 174 valence electrons. The van der Waals surface area contributed by atoms with Crippen LogP contribution in [-0.4, -0.2) is 27.9 Å². The summed E-state index contributed by atoms with van der Waals surface area (Å²) in [5.41, 5.74) is 4.59. The number of carbonyl (C=O) groups excluding carboxylic acids is 2. The molecule has 0 saturated carbocycles. The first-order chi connectivity index (χ1) is 16.5. The van der Waals surface area contributed by atoms with Gasteiger partial charge in [0.15, 0.2) is 0 Å². The molecule has 0 saturated heterocycles. The van der Waals surface area contributed by atoms with Gasteiger partial charge < -0.3 is 15.2 Å². The van der Waals surface area contributed by atoms with Crippen molar-refractivity contribution < 1.29 is 9.59 Å². The molecule has 6 nitrogen and oxygen atoms in total. The van der Waals surface area contributed by atoms with Gasteiger partial charge in [-0.3, -0.25) is 9.59 Å². The SMILES string of the molecule is Cc1cccc(C(=O)NCCCc2nc3ccccc3n2CC(=O)NC(C)c2ccccc2)c1. The second-order valence-corrected chi connectivity index (χ2v) is 8.53. The monoisotopic (exact) mass is 454 g/mol. The number of rotatable bonds is 9. The number of hydrogen-bond donors (Lipinski definition) is 2. The summed E-state index contributed by atoms with van der Waals surface area (Å²) in [4.78, 5) is 30.0. The lowest BCUT2D eigenvalue weighted by atomic mass is 10.1. The van der Waals surface area contributed by atoms with Crippen LogP contribution in [0.3, 0.4) is 0 Å². The zero-order valence-corrected chi connectivity index (χ0v) is 19.6. The predicted octanol–water partition coefficient (Wildman–Crippen LogP) is 4.58. The topological polar surface area (TPSA) is 76.0 Å². The number of imidazole rings is 1. The van der Waals surface area contributed by atoms with Crippen molar-refractivity contribution in [2.24, 2.45) is 0 Å². The Bertz CT molecular complexity index is 1280. The summed E-state index contributed by atoms with van der Waals surface area (Å²) in [5.74, 6) is 0.702. The van der Waals surface area contributed by atoms with Crippen LogP contribution in [-0.2, 0) is 17.8 Å². The number of nitrogens with zero attached hydrogens (tertiary/aromatic N) is 2. The van der Waals surface area contributed by atoms with Crippen molar-refractivity contribution in [1.29, 1.82) is 0 Å². The molecule has 2 N–H and O–H groups in total. The van der Waals surface area contributed by atoms with E-state index >= 15 is 0 Å². The predicted molar refractivity (Wildman–Crippen MR) is 135 cm³/mol. The van der Waals surface area contributed by atoms with Gasteiger partial charge in [-0.2, -0.15) is 0 Å². The van der Waals surface area contributed by atoms with Gasteiger partial charge in [-0.25, -0.2) is 4.98 Å². The quantitative estimate of drug-likeness (QED) is 0.363. The Morgan fingerprint density at radius 3 is 2.53 bits per heavy atom. The Balaban J connectivity index is 1.39. The maximum Gasteiger partial charge on any atom is 0.251 e. The Kier molecular flexibility index (Phi) is 7.38. The Hall–Kier alpha value is -3.93. The molecular formula is C28H30N4O2. The van der Waals surface area contributed by atoms with Gasteiger partial charge in [0.1, 0.15) is 12.4 Å². The van der Waals surface area contributed by atoms with E-state index in [1.165, 1.54) is 0 Å². The Labute approximate surface area is 200 Å². The van der Waals surface area contributed by atoms with Crippen molar-refractivity contribution in [2.75, 3.05) is 6.54 Å². The van der Waals surface area contributed by atoms with Crippen LogP contribution in [0.5, 0.6) is 0 Å². The van der Waals surface area contributed by atoms with E-state index < -0.39 is 0 Å². The average Bonchev–Trinajstić information content (AvgIpc) is 3.19. The fraction of sp³-hybridized carbons (Fsp3) is 0.250. The molecule has 1 unspecified atom stereocenters. The fourth-order valence-electron chi connectivity index (χ4n) is 4.09. The number of para-hydroxylation sites is 2. The summed E-state index contributed by atoms with van der Waals surface area (Å²) in [7, 11) is 0. The van der Waals surface area contributed by atoms with Crippen molar-refractivity contribution in [2.45, 2.75) is 39.3 Å². The van der Waals surface area contributed by atoms with Gasteiger partial charge in [-0.1, -0.05) is 60.2 Å². The molecule has 0 aliphatic rings. The summed E-state index contributed by atoms with van der Waals surface area (Å²) in [6, 6.07) is 25.2. The minimum absolute atomic E-state index is 0.0616. The van der Waals surface area contributed by atoms with E-state index in [-0.39, 0.29) is 24.4 Å². The second-order valence-electron chi connectivity index (χ2n) is 8.53. The van der Waals surface area contributed by atoms with E-state index in [0.29, 0.717) is 18.5 Å². The first-order valence-corrected chi connectivity index (χ1v) is 11.6. The minimum Gasteiger partial charge on any atom is -0.352 e. The summed E-state index contributed by atoms with van der Waals surface area (Å²) < 4.78 is 1.98. The third-order valence-electron chi connectivity index (χ3n) is 5.86. The smallest absolute Gasteiger partial charge is 0.251 e. The number of amides is 2. The molecule has 1 heterocycles. The van der Waals surface area contributed by atoms with Gasteiger partial charge in [0, 0.05) is 18.5 Å². The number of benzene rings is 3. The van der Waals surface area contributed by atoms with Crippen LogP contribution in [0.4, 0.5) is 0 Å². The van der Waals surface area contributed by atoms with Crippen molar-refractivity contribution in [3.63, 3.8) is 0 Å². The zero-order valence-electron chi connectivity index (χ0n) is 19.6. The Morgan fingerprint density at radius 2 is 1.74 bits per heavy atom. The number of aryl methyl sites for hydroxylation is 2. The summed E-state index contributed by atoms with van der Waals surface area (Å²) in [5, 5.41) is 6.07. The van der Waals surface area contributed by atoms with Crippen LogP contribution in [0.25, 0.3) is 11.0 Å². The number of hydrogen-bond acceptors (Lipinski definition) is 3. The highest BCUT2D eigenvalue weighted by molar-refractivity contribution is 5.94. The lowest BCUT2D eigenvalue weighted by molar-refractivity contribution is -0.122. The lowest BCUT2D eigenvalue weighted by Gasteiger charge is -2.16. The van der Waals surface area contributed by atoms with Gasteiger partial charge in [-0.15, -0.1) is 0 Å². The van der Waals surface area contributed by atoms with E-state index in [9.17, 15) is 9.59 Å². The van der Waals surface area contributed by atoms with Crippen molar-refractivity contribution >= 4 is 22.8 Å². The van der Waals surface area contributed by atoms with Crippen LogP contribution in [0, 0.1) is 6.92 Å². The highest BCUT2D eigenvalue weighted by Gasteiger charge is 2.15. The van der Waals surface area contributed by atoms with Gasteiger partial charge >= 0.3 is 0 Å². The molecule has 0 aliphatic carbocycles. The zero-order chi connectivity index (χ0) is 23.9. The number of nitrogens with one attached hydrogen (secondary N) is 2. The van der Waals surface area contributed by atoms with Crippen LogP contribution in [0.1, 0.15) is 46.7 Å². The molecule has 0 radical (unpaired) electrons. The highest BCUT2D eigenvalue weighted by Crippen LogP contribution is 2.18. The maximum absolute atomic E-state index is 12.9. The average molecular weight is 455 g/mol. The van der Waals surface area contributed by atoms with E-state index in [0.717, 1.165) is 34.4 Å². The molecule has 0 spiro atoms. The molecule has 4 rings (SSSR count). The first kappa shape index (κ1) is 23.2. The summed E-state index contributed by atoms with van der Waals surface area (Å²) in [6.07, 6.45) is 1.38. The molecule has 1 atom stereocenters. The maximum atomic E-state index is 12.9.